The summed E-state index contributed by atoms with van der Waals surface area (Å²) in [7, 11) is 0. The summed E-state index contributed by atoms with van der Waals surface area (Å²) in [6.07, 6.45) is 1.66. The van der Waals surface area contributed by atoms with Gasteiger partial charge in [0.2, 0.25) is 0 Å². The van der Waals surface area contributed by atoms with Crippen molar-refractivity contribution in [2.45, 2.75) is 41.5 Å². The van der Waals surface area contributed by atoms with Gasteiger partial charge in [-0.05, 0) is 106 Å². The first kappa shape index (κ1) is 22.7. The van der Waals surface area contributed by atoms with E-state index >= 15 is 0 Å². The van der Waals surface area contributed by atoms with Crippen LogP contribution in [0.5, 0.6) is 0 Å². The number of hydrogen-bond acceptors (Lipinski definition) is 3. The molecule has 0 unspecified atom stereocenters. The lowest BCUT2D eigenvalue weighted by atomic mass is 10.0. The van der Waals surface area contributed by atoms with Crippen molar-refractivity contribution in [3.63, 3.8) is 0 Å². The van der Waals surface area contributed by atoms with Crippen LogP contribution in [0, 0.1) is 41.5 Å². The molecule has 0 aliphatic carbocycles. The minimum atomic E-state index is -0.484. The first-order chi connectivity index (χ1) is 15.6. The van der Waals surface area contributed by atoms with Gasteiger partial charge in [0.25, 0.3) is 11.8 Å². The molecule has 0 radical (unpaired) electrons. The highest BCUT2D eigenvalue weighted by molar-refractivity contribution is 7.80. The smallest absolute Gasteiger partial charge is 0.270 e. The number of carbonyl (C=O) groups is 2. The lowest BCUT2D eigenvalue weighted by Crippen LogP contribution is -2.54. The Morgan fingerprint density at radius 2 is 1.58 bits per heavy atom. The summed E-state index contributed by atoms with van der Waals surface area (Å²) in [6, 6.07) is 14.1. The Labute approximate surface area is 199 Å². The molecule has 33 heavy (non-hydrogen) atoms. The summed E-state index contributed by atoms with van der Waals surface area (Å²) in [4.78, 5) is 27.6. The van der Waals surface area contributed by atoms with Crippen molar-refractivity contribution in [3.05, 3.63) is 87.2 Å². The van der Waals surface area contributed by atoms with Crippen molar-refractivity contribution in [2.24, 2.45) is 0 Å². The van der Waals surface area contributed by atoms with Gasteiger partial charge in [-0.1, -0.05) is 23.8 Å². The van der Waals surface area contributed by atoms with E-state index in [0.29, 0.717) is 5.69 Å². The first-order valence-corrected chi connectivity index (χ1v) is 11.2. The van der Waals surface area contributed by atoms with Crippen molar-refractivity contribution in [1.82, 2.24) is 9.88 Å². The highest BCUT2D eigenvalue weighted by Crippen LogP contribution is 2.28. The SMILES string of the molecule is Cc1ccc(N2C(=O)/C(=C/c3cc(C)n(-c4ccc(C)c(C)c4)c3C)C(=O)NC2=S)c(C)c1. The third-order valence-electron chi connectivity index (χ3n) is 6.21. The van der Waals surface area contributed by atoms with E-state index in [1.807, 2.05) is 52.0 Å². The predicted octanol–water partition coefficient (Wildman–Crippen LogP) is 5.16. The molecule has 168 valence electrons. The molecule has 1 aromatic heterocycles. The lowest BCUT2D eigenvalue weighted by molar-refractivity contribution is -0.122. The maximum Gasteiger partial charge on any atom is 0.270 e. The molecule has 1 fully saturated rings. The van der Waals surface area contributed by atoms with Gasteiger partial charge >= 0.3 is 0 Å². The second-order valence-electron chi connectivity index (χ2n) is 8.68. The second kappa shape index (κ2) is 8.45. The van der Waals surface area contributed by atoms with E-state index in [1.54, 1.807) is 6.08 Å². The molecule has 5 nitrogen and oxygen atoms in total. The van der Waals surface area contributed by atoms with Gasteiger partial charge in [-0.3, -0.25) is 19.8 Å². The number of rotatable bonds is 3. The molecule has 0 saturated carbocycles. The molecule has 0 spiro atoms. The van der Waals surface area contributed by atoms with Gasteiger partial charge in [0, 0.05) is 17.1 Å². The zero-order chi connectivity index (χ0) is 24.0. The summed E-state index contributed by atoms with van der Waals surface area (Å²) in [5.41, 5.74) is 9.01. The molecule has 1 N–H and O–H groups in total. The largest absolute Gasteiger partial charge is 0.318 e. The number of anilines is 1. The van der Waals surface area contributed by atoms with Gasteiger partial charge in [-0.25, -0.2) is 0 Å². The van der Waals surface area contributed by atoms with Crippen molar-refractivity contribution in [1.29, 1.82) is 0 Å². The number of aromatic nitrogens is 1. The molecule has 2 heterocycles. The molecule has 1 saturated heterocycles. The highest BCUT2D eigenvalue weighted by Gasteiger charge is 2.35. The Bertz CT molecular complexity index is 1360. The summed E-state index contributed by atoms with van der Waals surface area (Å²) in [6.45, 7) is 12.1. The number of benzene rings is 2. The van der Waals surface area contributed by atoms with Crippen LogP contribution in [0.3, 0.4) is 0 Å². The van der Waals surface area contributed by atoms with Gasteiger partial charge in [0.1, 0.15) is 5.57 Å². The zero-order valence-corrected chi connectivity index (χ0v) is 20.6. The van der Waals surface area contributed by atoms with Crippen molar-refractivity contribution in [3.8, 4) is 5.69 Å². The van der Waals surface area contributed by atoms with E-state index in [9.17, 15) is 9.59 Å². The number of amides is 2. The van der Waals surface area contributed by atoms with Crippen LogP contribution in [-0.2, 0) is 9.59 Å². The van der Waals surface area contributed by atoms with Gasteiger partial charge in [-0.2, -0.15) is 0 Å². The molecule has 4 rings (SSSR count). The second-order valence-corrected chi connectivity index (χ2v) is 9.06. The van der Waals surface area contributed by atoms with E-state index in [0.717, 1.165) is 33.8 Å². The number of nitrogens with one attached hydrogen (secondary N) is 1. The average molecular weight is 458 g/mol. The van der Waals surface area contributed by atoms with Crippen LogP contribution < -0.4 is 10.2 Å². The molecule has 2 amide bonds. The Morgan fingerprint density at radius 1 is 0.848 bits per heavy atom. The van der Waals surface area contributed by atoms with Crippen molar-refractivity contribution in [2.75, 3.05) is 4.90 Å². The third kappa shape index (κ3) is 4.02. The average Bonchev–Trinajstić information content (AvgIpc) is 3.02. The topological polar surface area (TPSA) is 54.3 Å². The number of carbonyl (C=O) groups excluding carboxylic acids is 2. The summed E-state index contributed by atoms with van der Waals surface area (Å²) < 4.78 is 2.14. The molecular formula is C27H27N3O2S. The molecule has 1 aliphatic rings. The van der Waals surface area contributed by atoms with Crippen LogP contribution in [-0.4, -0.2) is 21.5 Å². The van der Waals surface area contributed by atoms with Gasteiger partial charge in [0.05, 0.1) is 5.69 Å². The van der Waals surface area contributed by atoms with E-state index in [-0.39, 0.29) is 10.7 Å². The molecule has 0 bridgehead atoms. The third-order valence-corrected chi connectivity index (χ3v) is 6.50. The van der Waals surface area contributed by atoms with Crippen LogP contribution in [0.15, 0.2) is 48.0 Å². The highest BCUT2D eigenvalue weighted by atomic mass is 32.1. The monoisotopic (exact) mass is 457 g/mol. The number of thiocarbonyl (C=S) groups is 1. The van der Waals surface area contributed by atoms with Crippen molar-refractivity contribution < 1.29 is 9.59 Å². The fraction of sp³-hybridized carbons (Fsp3) is 0.222. The van der Waals surface area contributed by atoms with E-state index in [1.165, 1.54) is 16.0 Å². The number of aryl methyl sites for hydroxylation is 5. The Morgan fingerprint density at radius 3 is 2.24 bits per heavy atom. The molecule has 2 aromatic carbocycles. The standard InChI is InChI=1S/C27H27N3O2S/c1-15-7-10-24(18(4)11-15)30-26(32)23(25(31)28-27(30)33)14-21-13-19(5)29(20(21)6)22-9-8-16(2)17(3)12-22/h7-14H,1-6H3,(H,28,31,33)/b23-14+. The lowest BCUT2D eigenvalue weighted by Gasteiger charge is -2.30. The first-order valence-electron chi connectivity index (χ1n) is 10.8. The Balaban J connectivity index is 1.78. The van der Waals surface area contributed by atoms with E-state index in [2.05, 4.69) is 41.9 Å². The number of hydrogen-bond donors (Lipinski definition) is 1. The molecule has 6 heteroatoms. The van der Waals surface area contributed by atoms with Gasteiger partial charge in [-0.15, -0.1) is 0 Å². The predicted molar refractivity (Wildman–Crippen MR) is 137 cm³/mol. The minimum absolute atomic E-state index is 0.0592. The minimum Gasteiger partial charge on any atom is -0.318 e. The van der Waals surface area contributed by atoms with Crippen LogP contribution in [0.2, 0.25) is 0 Å². The van der Waals surface area contributed by atoms with E-state index in [4.69, 9.17) is 12.2 Å². The molecule has 3 aromatic rings. The fourth-order valence-corrected chi connectivity index (χ4v) is 4.56. The van der Waals surface area contributed by atoms with Gasteiger partial charge in [0.15, 0.2) is 5.11 Å². The summed E-state index contributed by atoms with van der Waals surface area (Å²) >= 11 is 5.35. The van der Waals surface area contributed by atoms with Crippen LogP contribution >= 0.6 is 12.2 Å². The van der Waals surface area contributed by atoms with E-state index < -0.39 is 11.8 Å². The van der Waals surface area contributed by atoms with Crippen LogP contribution in [0.25, 0.3) is 11.8 Å². The van der Waals surface area contributed by atoms with Crippen LogP contribution in [0.1, 0.15) is 39.2 Å². The maximum absolute atomic E-state index is 13.4. The normalized spacial score (nSPS) is 15.4. The quantitative estimate of drug-likeness (QED) is 0.336. The summed E-state index contributed by atoms with van der Waals surface area (Å²) in [5, 5.41) is 2.77. The van der Waals surface area contributed by atoms with Crippen molar-refractivity contribution >= 4 is 40.9 Å². The Kier molecular flexibility index (Phi) is 5.80. The van der Waals surface area contributed by atoms with Gasteiger partial charge < -0.3 is 4.57 Å². The Hall–Kier alpha value is -3.51. The zero-order valence-electron chi connectivity index (χ0n) is 19.7. The molecule has 1 aliphatic heterocycles. The van der Waals surface area contributed by atoms with Crippen LogP contribution in [0.4, 0.5) is 5.69 Å². The molecule has 0 atom stereocenters. The fourth-order valence-electron chi connectivity index (χ4n) is 4.28. The maximum atomic E-state index is 13.4. The molecular weight excluding hydrogens is 430 g/mol. The number of nitrogens with zero attached hydrogens (tertiary/aromatic N) is 2. The summed E-state index contributed by atoms with van der Waals surface area (Å²) in [5.74, 6) is -0.909.